The fourth-order valence-electron chi connectivity index (χ4n) is 0.185. The van der Waals surface area contributed by atoms with Gasteiger partial charge >= 0.3 is 5.97 Å². The van der Waals surface area contributed by atoms with E-state index < -0.39 is 24.6 Å². The average molecular weight is 157 g/mol. The van der Waals surface area contributed by atoms with E-state index in [-0.39, 0.29) is 29.6 Å². The molecule has 0 saturated heterocycles. The number of hydrogen-bond donors (Lipinski definition) is 3. The van der Waals surface area contributed by atoms with Crippen molar-refractivity contribution in [1.29, 1.82) is 0 Å². The summed E-state index contributed by atoms with van der Waals surface area (Å²) in [6.45, 7) is 0.187. The zero-order valence-electron chi connectivity index (χ0n) is 6.16. The molecular weight excluding hydrogens is 147 g/mol. The molecule has 0 amide bonds. The van der Waals surface area contributed by atoms with E-state index in [1.165, 1.54) is 6.92 Å². The van der Waals surface area contributed by atoms with Crippen LogP contribution in [-0.4, -0.2) is 64.1 Å². The van der Waals surface area contributed by atoms with Crippen LogP contribution in [0.4, 0.5) is 0 Å². The maximum absolute atomic E-state index is 10.2. The van der Waals surface area contributed by atoms with Gasteiger partial charge in [-0.2, -0.15) is 0 Å². The van der Waals surface area contributed by atoms with Crippen molar-refractivity contribution in [2.24, 2.45) is 5.41 Å². The molecule has 0 saturated carbocycles. The van der Waals surface area contributed by atoms with Crippen LogP contribution in [0.15, 0.2) is 0 Å². The Morgan fingerprint density at radius 3 is 1.70 bits per heavy atom. The molecule has 0 aliphatic rings. The minimum absolute atomic E-state index is 0. The van der Waals surface area contributed by atoms with Gasteiger partial charge in [-0.3, -0.25) is 4.79 Å². The topological polar surface area (TPSA) is 77.8 Å². The molecule has 0 bridgehead atoms. The van der Waals surface area contributed by atoms with Crippen LogP contribution in [0.2, 0.25) is 0 Å². The molecule has 0 aromatic carbocycles. The molecule has 0 heterocycles. The molecule has 0 aliphatic heterocycles. The quantitative estimate of drug-likeness (QED) is 0.444. The molecule has 0 aromatic rings. The summed E-state index contributed by atoms with van der Waals surface area (Å²) in [4.78, 5) is 10.2. The van der Waals surface area contributed by atoms with Crippen molar-refractivity contribution >= 4 is 35.5 Å². The van der Waals surface area contributed by atoms with E-state index in [2.05, 4.69) is 0 Å². The van der Waals surface area contributed by atoms with Gasteiger partial charge in [0.05, 0.1) is 13.2 Å². The van der Waals surface area contributed by atoms with Gasteiger partial charge in [-0.25, -0.2) is 0 Å². The van der Waals surface area contributed by atoms with Crippen LogP contribution >= 0.6 is 0 Å². The Kier molecular flexibility index (Phi) is 6.63. The molecule has 0 aliphatic carbocycles. The second-order valence-corrected chi connectivity index (χ2v) is 2.18. The second kappa shape index (κ2) is 5.09. The Morgan fingerprint density at radius 1 is 1.40 bits per heavy atom. The fourth-order valence-corrected chi connectivity index (χ4v) is 0.185. The first kappa shape index (κ1) is 13.0. The maximum atomic E-state index is 10.2. The summed E-state index contributed by atoms with van der Waals surface area (Å²) >= 11 is 0. The number of aliphatic carboxylic acids is 1. The van der Waals surface area contributed by atoms with Crippen molar-refractivity contribution in [1.82, 2.24) is 0 Å². The first-order chi connectivity index (χ1) is 4.06. The average Bonchev–Trinajstić information content (AvgIpc) is 1.86. The van der Waals surface area contributed by atoms with Crippen LogP contribution in [0.1, 0.15) is 6.92 Å². The van der Waals surface area contributed by atoms with Crippen molar-refractivity contribution in [3.8, 4) is 0 Å². The van der Waals surface area contributed by atoms with Crippen molar-refractivity contribution in [2.75, 3.05) is 13.2 Å². The number of aliphatic hydroxyl groups is 2. The van der Waals surface area contributed by atoms with E-state index in [9.17, 15) is 4.79 Å². The normalized spacial score (nSPS) is 10.3. The maximum Gasteiger partial charge on any atom is 0.314 e. The van der Waals surface area contributed by atoms with Gasteiger partial charge < -0.3 is 15.3 Å². The fraction of sp³-hybridized carbons (Fsp3) is 0.800. The van der Waals surface area contributed by atoms with E-state index >= 15 is 0 Å². The van der Waals surface area contributed by atoms with Crippen molar-refractivity contribution in [2.45, 2.75) is 6.92 Å². The van der Waals surface area contributed by atoms with Crippen molar-refractivity contribution < 1.29 is 20.1 Å². The third kappa shape index (κ3) is 2.98. The molecule has 0 aromatic heterocycles. The largest absolute Gasteiger partial charge is 0.481 e. The van der Waals surface area contributed by atoms with E-state index in [4.69, 9.17) is 15.3 Å². The SMILES string of the molecule is CC(CO)(CO)C(=O)O.[Na]. The monoisotopic (exact) mass is 157 g/mol. The molecule has 4 nitrogen and oxygen atoms in total. The molecule has 1 radical (unpaired) electrons. The second-order valence-electron chi connectivity index (χ2n) is 2.18. The standard InChI is InChI=1S/C5H10O4.Na/c1-5(2-6,3-7)4(8)9;/h6-7H,2-3H2,1H3,(H,8,9);. The third-order valence-corrected chi connectivity index (χ3v) is 1.21. The Labute approximate surface area is 81.2 Å². The first-order valence-corrected chi connectivity index (χ1v) is 2.52. The summed E-state index contributed by atoms with van der Waals surface area (Å²) in [5.74, 6) is -1.19. The van der Waals surface area contributed by atoms with Crippen LogP contribution in [0, 0.1) is 5.41 Å². The molecule has 0 rings (SSSR count). The Bertz CT molecular complexity index is 110. The number of carboxylic acid groups (broad SMARTS) is 1. The van der Waals surface area contributed by atoms with Gasteiger partial charge in [-0.15, -0.1) is 0 Å². The van der Waals surface area contributed by atoms with E-state index in [1.807, 2.05) is 0 Å². The van der Waals surface area contributed by atoms with Crippen LogP contribution in [0.3, 0.4) is 0 Å². The Morgan fingerprint density at radius 2 is 1.70 bits per heavy atom. The van der Waals surface area contributed by atoms with Gasteiger partial charge in [0.2, 0.25) is 0 Å². The number of carboxylic acids is 1. The summed E-state index contributed by atoms with van der Waals surface area (Å²) in [5, 5.41) is 25.1. The summed E-state index contributed by atoms with van der Waals surface area (Å²) in [6.07, 6.45) is 0. The van der Waals surface area contributed by atoms with Gasteiger partial charge in [0.25, 0.3) is 0 Å². The number of carbonyl (C=O) groups is 1. The molecule has 5 heteroatoms. The number of rotatable bonds is 3. The van der Waals surface area contributed by atoms with Crippen LogP contribution < -0.4 is 0 Å². The minimum atomic E-state index is -1.39. The van der Waals surface area contributed by atoms with Crippen molar-refractivity contribution in [3.63, 3.8) is 0 Å². The zero-order chi connectivity index (χ0) is 7.49. The summed E-state index contributed by atoms with van der Waals surface area (Å²) in [6, 6.07) is 0. The Balaban J connectivity index is 0. The molecule has 0 spiro atoms. The third-order valence-electron chi connectivity index (χ3n) is 1.21. The molecule has 3 N–H and O–H groups in total. The van der Waals surface area contributed by atoms with E-state index in [1.54, 1.807) is 0 Å². The molecule has 10 heavy (non-hydrogen) atoms. The van der Waals surface area contributed by atoms with Crippen molar-refractivity contribution in [3.05, 3.63) is 0 Å². The molecular formula is C5H10NaO4. The Hall–Kier alpha value is 0.390. The number of hydrogen-bond acceptors (Lipinski definition) is 3. The molecule has 0 atom stereocenters. The van der Waals surface area contributed by atoms with E-state index in [0.717, 1.165) is 0 Å². The smallest absolute Gasteiger partial charge is 0.314 e. The van der Waals surface area contributed by atoms with Gasteiger partial charge in [0, 0.05) is 29.6 Å². The minimum Gasteiger partial charge on any atom is -0.481 e. The zero-order valence-corrected chi connectivity index (χ0v) is 8.16. The summed E-state index contributed by atoms with van der Waals surface area (Å²) < 4.78 is 0. The molecule has 0 fully saturated rings. The molecule has 0 unspecified atom stereocenters. The van der Waals surface area contributed by atoms with Crippen LogP contribution in [0.25, 0.3) is 0 Å². The van der Waals surface area contributed by atoms with Crippen LogP contribution in [0.5, 0.6) is 0 Å². The van der Waals surface area contributed by atoms with Gasteiger partial charge in [0.15, 0.2) is 0 Å². The predicted molar refractivity (Wildman–Crippen MR) is 35.7 cm³/mol. The molecule has 55 valence electrons. The summed E-state index contributed by atoms with van der Waals surface area (Å²) in [7, 11) is 0. The van der Waals surface area contributed by atoms with Gasteiger partial charge in [-0.05, 0) is 6.92 Å². The number of aliphatic hydroxyl groups excluding tert-OH is 2. The first-order valence-electron chi connectivity index (χ1n) is 2.52. The van der Waals surface area contributed by atoms with Gasteiger partial charge in [0.1, 0.15) is 5.41 Å². The summed E-state index contributed by atoms with van der Waals surface area (Å²) in [5.41, 5.74) is -1.39. The predicted octanol–water partition coefficient (Wildman–Crippen LogP) is -1.32. The van der Waals surface area contributed by atoms with E-state index in [0.29, 0.717) is 0 Å². The van der Waals surface area contributed by atoms with Gasteiger partial charge in [-0.1, -0.05) is 0 Å². The van der Waals surface area contributed by atoms with Crippen LogP contribution in [-0.2, 0) is 4.79 Å².